The summed E-state index contributed by atoms with van der Waals surface area (Å²) < 4.78 is 9.99. The molecule has 31 heavy (non-hydrogen) atoms. The molecule has 2 aliphatic rings. The number of esters is 1. The molecule has 0 aromatic heterocycles. The molecule has 0 aliphatic carbocycles. The lowest BCUT2D eigenvalue weighted by Gasteiger charge is -2.31. The molecule has 9 nitrogen and oxygen atoms in total. The fraction of sp³-hybridized carbons (Fsp3) is 0.545. The number of imide groups is 1. The van der Waals surface area contributed by atoms with Gasteiger partial charge in [-0.1, -0.05) is 18.2 Å². The smallest absolute Gasteiger partial charge is 0.325 e. The number of urea groups is 1. The standard InChI is InChI=1S/C22H29N3O6/c1-30-18-6-4-3-5-16(18)14-25-21(28)17(23-22(25)29)7-8-19(26)24-11-9-15(10-12-24)13-20(27)31-2/h3-6,15,17H,7-14H2,1-2H3,(H,23,29). The average Bonchev–Trinajstić information content (AvgIpc) is 3.05. The monoisotopic (exact) mass is 431 g/mol. The highest BCUT2D eigenvalue weighted by Gasteiger charge is 2.38. The molecule has 2 fully saturated rings. The van der Waals surface area contributed by atoms with Crippen LogP contribution in [0.4, 0.5) is 4.79 Å². The normalized spacial score (nSPS) is 19.4. The number of para-hydroxylation sites is 1. The van der Waals surface area contributed by atoms with Crippen LogP contribution >= 0.6 is 0 Å². The summed E-state index contributed by atoms with van der Waals surface area (Å²) >= 11 is 0. The average molecular weight is 431 g/mol. The Morgan fingerprint density at radius 2 is 1.84 bits per heavy atom. The van der Waals surface area contributed by atoms with Crippen molar-refractivity contribution in [1.82, 2.24) is 15.1 Å². The minimum Gasteiger partial charge on any atom is -0.496 e. The van der Waals surface area contributed by atoms with Gasteiger partial charge in [-0.2, -0.15) is 0 Å². The minimum atomic E-state index is -0.706. The Balaban J connectivity index is 1.48. The second-order valence-corrected chi connectivity index (χ2v) is 7.88. The summed E-state index contributed by atoms with van der Waals surface area (Å²) in [5.41, 5.74) is 0.736. The number of nitrogens with one attached hydrogen (secondary N) is 1. The highest BCUT2D eigenvalue weighted by Crippen LogP contribution is 2.24. The van der Waals surface area contributed by atoms with Crippen molar-refractivity contribution >= 4 is 23.8 Å². The van der Waals surface area contributed by atoms with E-state index in [1.165, 1.54) is 14.2 Å². The third-order valence-corrected chi connectivity index (χ3v) is 5.93. The molecular weight excluding hydrogens is 402 g/mol. The first-order chi connectivity index (χ1) is 14.9. The predicted molar refractivity (Wildman–Crippen MR) is 111 cm³/mol. The Hall–Kier alpha value is -3.10. The van der Waals surface area contributed by atoms with Crippen LogP contribution in [0.2, 0.25) is 0 Å². The molecule has 2 saturated heterocycles. The number of benzene rings is 1. The van der Waals surface area contributed by atoms with Crippen LogP contribution in [-0.4, -0.2) is 67.0 Å². The zero-order chi connectivity index (χ0) is 22.4. The summed E-state index contributed by atoms with van der Waals surface area (Å²) in [5, 5.41) is 2.68. The molecule has 1 aromatic carbocycles. The summed E-state index contributed by atoms with van der Waals surface area (Å²) in [6.45, 7) is 1.30. The molecule has 0 spiro atoms. The van der Waals surface area contributed by atoms with Crippen LogP contribution in [0.5, 0.6) is 5.75 Å². The number of amides is 4. The van der Waals surface area contributed by atoms with Crippen LogP contribution in [-0.2, 0) is 25.7 Å². The van der Waals surface area contributed by atoms with Crippen molar-refractivity contribution in [3.05, 3.63) is 29.8 Å². The van der Waals surface area contributed by atoms with E-state index in [-0.39, 0.29) is 43.1 Å². The largest absolute Gasteiger partial charge is 0.496 e. The van der Waals surface area contributed by atoms with E-state index in [1.807, 2.05) is 12.1 Å². The van der Waals surface area contributed by atoms with Gasteiger partial charge in [-0.05, 0) is 31.2 Å². The van der Waals surface area contributed by atoms with Crippen molar-refractivity contribution in [3.8, 4) is 5.75 Å². The molecule has 3 rings (SSSR count). The second kappa shape index (κ2) is 10.3. The molecular formula is C22H29N3O6. The third-order valence-electron chi connectivity index (χ3n) is 5.93. The van der Waals surface area contributed by atoms with Crippen LogP contribution in [0.1, 0.15) is 37.7 Å². The summed E-state index contributed by atoms with van der Waals surface area (Å²) in [6, 6.07) is 6.06. The van der Waals surface area contributed by atoms with E-state index in [0.717, 1.165) is 23.3 Å². The van der Waals surface area contributed by atoms with E-state index in [9.17, 15) is 19.2 Å². The molecule has 0 radical (unpaired) electrons. The van der Waals surface area contributed by atoms with Gasteiger partial charge in [-0.15, -0.1) is 0 Å². The molecule has 1 aromatic rings. The lowest BCUT2D eigenvalue weighted by atomic mass is 9.93. The fourth-order valence-electron chi connectivity index (χ4n) is 4.06. The molecule has 4 amide bonds. The van der Waals surface area contributed by atoms with Crippen LogP contribution in [0.25, 0.3) is 0 Å². The molecule has 2 heterocycles. The Bertz CT molecular complexity index is 834. The first-order valence-electron chi connectivity index (χ1n) is 10.5. The van der Waals surface area contributed by atoms with Gasteiger partial charge in [0.25, 0.3) is 5.91 Å². The van der Waals surface area contributed by atoms with E-state index in [4.69, 9.17) is 9.47 Å². The zero-order valence-corrected chi connectivity index (χ0v) is 18.0. The van der Waals surface area contributed by atoms with Gasteiger partial charge in [0.2, 0.25) is 5.91 Å². The quantitative estimate of drug-likeness (QED) is 0.496. The summed E-state index contributed by atoms with van der Waals surface area (Å²) in [7, 11) is 2.92. The highest BCUT2D eigenvalue weighted by atomic mass is 16.5. The number of piperidine rings is 1. The number of ether oxygens (including phenoxy) is 2. The van der Waals surface area contributed by atoms with Crippen LogP contribution in [0.3, 0.4) is 0 Å². The molecule has 0 bridgehead atoms. The molecule has 168 valence electrons. The predicted octanol–water partition coefficient (Wildman–Crippen LogP) is 1.70. The zero-order valence-electron chi connectivity index (χ0n) is 18.0. The second-order valence-electron chi connectivity index (χ2n) is 7.88. The lowest BCUT2D eigenvalue weighted by molar-refractivity contribution is -0.142. The van der Waals surface area contributed by atoms with Crippen LogP contribution in [0, 0.1) is 5.92 Å². The Morgan fingerprint density at radius 3 is 2.52 bits per heavy atom. The topological polar surface area (TPSA) is 105 Å². The van der Waals surface area contributed by atoms with Crippen LogP contribution < -0.4 is 10.1 Å². The first kappa shape index (κ1) is 22.6. The van der Waals surface area contributed by atoms with Gasteiger partial charge in [0, 0.05) is 31.5 Å². The molecule has 0 saturated carbocycles. The third kappa shape index (κ3) is 5.53. The summed E-state index contributed by atoms with van der Waals surface area (Å²) in [4.78, 5) is 51.9. The maximum atomic E-state index is 12.7. The number of rotatable bonds is 8. The van der Waals surface area contributed by atoms with Crippen molar-refractivity contribution in [2.75, 3.05) is 27.3 Å². The van der Waals surface area contributed by atoms with Crippen LogP contribution in [0.15, 0.2) is 24.3 Å². The Kier molecular flexibility index (Phi) is 7.49. The number of hydrogen-bond donors (Lipinski definition) is 1. The summed E-state index contributed by atoms with van der Waals surface area (Å²) in [6.07, 6.45) is 2.33. The minimum absolute atomic E-state index is 0.0401. The maximum absolute atomic E-state index is 12.7. The Labute approximate surface area is 181 Å². The van der Waals surface area contributed by atoms with Crippen molar-refractivity contribution in [2.45, 2.75) is 44.7 Å². The number of hydrogen-bond acceptors (Lipinski definition) is 6. The first-order valence-corrected chi connectivity index (χ1v) is 10.5. The molecule has 1 atom stereocenters. The molecule has 1 N–H and O–H groups in total. The van der Waals surface area contributed by atoms with E-state index < -0.39 is 12.1 Å². The summed E-state index contributed by atoms with van der Waals surface area (Å²) in [5.74, 6) is 0.244. The van der Waals surface area contributed by atoms with Gasteiger partial charge < -0.3 is 19.7 Å². The van der Waals surface area contributed by atoms with E-state index in [2.05, 4.69) is 5.32 Å². The number of methoxy groups -OCH3 is 2. The SMILES string of the molecule is COC(=O)CC1CCN(C(=O)CCC2NC(=O)N(Cc3ccccc3OC)C2=O)CC1. The number of carbonyl (C=O) groups is 4. The van der Waals surface area contributed by atoms with Crippen molar-refractivity contribution < 1.29 is 28.7 Å². The molecule has 1 unspecified atom stereocenters. The van der Waals surface area contributed by atoms with Gasteiger partial charge >= 0.3 is 12.0 Å². The van der Waals surface area contributed by atoms with E-state index in [0.29, 0.717) is 25.3 Å². The van der Waals surface area contributed by atoms with Crippen molar-refractivity contribution in [1.29, 1.82) is 0 Å². The van der Waals surface area contributed by atoms with Crippen molar-refractivity contribution in [2.24, 2.45) is 5.92 Å². The Morgan fingerprint density at radius 1 is 1.13 bits per heavy atom. The fourth-order valence-corrected chi connectivity index (χ4v) is 4.06. The van der Waals surface area contributed by atoms with Gasteiger partial charge in [0.15, 0.2) is 0 Å². The number of likely N-dealkylation sites (tertiary alicyclic amines) is 1. The molecule has 2 aliphatic heterocycles. The van der Waals surface area contributed by atoms with Gasteiger partial charge in [0.1, 0.15) is 11.8 Å². The van der Waals surface area contributed by atoms with Gasteiger partial charge in [-0.25, -0.2) is 4.79 Å². The highest BCUT2D eigenvalue weighted by molar-refractivity contribution is 6.04. The maximum Gasteiger partial charge on any atom is 0.325 e. The number of nitrogens with zero attached hydrogens (tertiary/aromatic N) is 2. The lowest BCUT2D eigenvalue weighted by Crippen LogP contribution is -2.40. The van der Waals surface area contributed by atoms with Gasteiger partial charge in [0.05, 0.1) is 20.8 Å². The van der Waals surface area contributed by atoms with E-state index >= 15 is 0 Å². The van der Waals surface area contributed by atoms with Gasteiger partial charge in [-0.3, -0.25) is 19.3 Å². The molecule has 9 heteroatoms. The van der Waals surface area contributed by atoms with E-state index in [1.54, 1.807) is 17.0 Å². The number of carbonyl (C=O) groups excluding carboxylic acids is 4. The van der Waals surface area contributed by atoms with Crippen molar-refractivity contribution in [3.63, 3.8) is 0 Å².